The van der Waals surface area contributed by atoms with Crippen molar-refractivity contribution in [1.29, 1.82) is 0 Å². The van der Waals surface area contributed by atoms with Crippen LogP contribution in [-0.4, -0.2) is 40.7 Å². The third-order valence-corrected chi connectivity index (χ3v) is 0. The lowest BCUT2D eigenvalue weighted by atomic mass is 10.4. The van der Waals surface area contributed by atoms with E-state index < -0.39 is 7.82 Å². The molecular weight excluding hydrogens is 193 g/mol. The highest BCUT2D eigenvalue weighted by Gasteiger charge is 2.00. The molecule has 3 N–H and O–H groups in total. The summed E-state index contributed by atoms with van der Waals surface area (Å²) >= 11 is 0. The molecule has 0 atom stereocenters. The fourth-order valence-electron chi connectivity index (χ4n) is 0. The SMILES string of the molecule is C=C(C)C.CN(C)C.O=P(O)(O)O. The van der Waals surface area contributed by atoms with Gasteiger partial charge < -0.3 is 19.6 Å². The molecule has 0 aliphatic carbocycles. The van der Waals surface area contributed by atoms with Gasteiger partial charge in [0, 0.05) is 0 Å². The van der Waals surface area contributed by atoms with Crippen molar-refractivity contribution in [3.63, 3.8) is 0 Å². The Bertz CT molecular complexity index is 149. The van der Waals surface area contributed by atoms with Crippen LogP contribution in [0.25, 0.3) is 0 Å². The molecule has 82 valence electrons. The third-order valence-electron chi connectivity index (χ3n) is 0. The fraction of sp³-hybridized carbons (Fsp3) is 0.714. The second-order valence-corrected chi connectivity index (χ2v) is 4.09. The van der Waals surface area contributed by atoms with Crippen LogP contribution in [0.15, 0.2) is 12.2 Å². The molecule has 0 heterocycles. The topological polar surface area (TPSA) is 81.0 Å². The van der Waals surface area contributed by atoms with E-state index in [1.807, 2.05) is 39.9 Å². The summed E-state index contributed by atoms with van der Waals surface area (Å²) in [6.07, 6.45) is 0. The Labute approximate surface area is 79.9 Å². The van der Waals surface area contributed by atoms with Crippen LogP contribution in [0.2, 0.25) is 0 Å². The van der Waals surface area contributed by atoms with Crippen molar-refractivity contribution in [2.24, 2.45) is 0 Å². The summed E-state index contributed by atoms with van der Waals surface area (Å²) < 4.78 is 8.88. The molecule has 0 rings (SSSR count). The van der Waals surface area contributed by atoms with Gasteiger partial charge in [0.1, 0.15) is 0 Å². The molecule has 0 fully saturated rings. The van der Waals surface area contributed by atoms with Crippen molar-refractivity contribution in [3.05, 3.63) is 12.2 Å². The maximum absolute atomic E-state index is 8.88. The van der Waals surface area contributed by atoms with Gasteiger partial charge in [-0.3, -0.25) is 0 Å². The smallest absolute Gasteiger partial charge is 0.312 e. The van der Waals surface area contributed by atoms with Crippen molar-refractivity contribution >= 4 is 7.82 Å². The van der Waals surface area contributed by atoms with E-state index in [0.29, 0.717) is 0 Å². The van der Waals surface area contributed by atoms with Gasteiger partial charge in [-0.05, 0) is 35.0 Å². The molecule has 0 aliphatic rings. The largest absolute Gasteiger partial charge is 0.466 e. The van der Waals surface area contributed by atoms with Crippen LogP contribution < -0.4 is 0 Å². The maximum Gasteiger partial charge on any atom is 0.466 e. The fourth-order valence-corrected chi connectivity index (χ4v) is 0. The molecule has 0 unspecified atom stereocenters. The standard InChI is InChI=1S/C4H8.C3H9N.H3O4P/c2*1-4(2)3;1-5(2,3)4/h1H2,2-3H3;1-3H3;(H3,1,2,3,4). The second-order valence-electron chi connectivity index (χ2n) is 3.06. The maximum atomic E-state index is 8.88. The molecule has 0 spiro atoms. The minimum Gasteiger partial charge on any atom is -0.312 e. The van der Waals surface area contributed by atoms with Crippen molar-refractivity contribution in [2.75, 3.05) is 21.1 Å². The van der Waals surface area contributed by atoms with Crippen LogP contribution in [-0.2, 0) is 4.57 Å². The lowest BCUT2D eigenvalue weighted by molar-refractivity contribution is 0.275. The number of allylic oxidation sites excluding steroid dienone is 1. The van der Waals surface area contributed by atoms with Crippen LogP contribution in [0, 0.1) is 0 Å². The molecule has 0 aromatic heterocycles. The number of phosphoric acid groups is 1. The van der Waals surface area contributed by atoms with Crippen molar-refractivity contribution < 1.29 is 19.2 Å². The van der Waals surface area contributed by atoms with Gasteiger partial charge in [-0.2, -0.15) is 0 Å². The summed E-state index contributed by atoms with van der Waals surface area (Å²) in [7, 11) is 1.36. The highest BCUT2D eigenvalue weighted by atomic mass is 31.2. The predicted molar refractivity (Wildman–Crippen MR) is 54.4 cm³/mol. The average molecular weight is 213 g/mol. The van der Waals surface area contributed by atoms with Gasteiger partial charge in [0.15, 0.2) is 0 Å². The van der Waals surface area contributed by atoms with Gasteiger partial charge >= 0.3 is 7.82 Å². The molecular formula is C7H20NO4P. The lowest BCUT2D eigenvalue weighted by Gasteiger charge is -1.90. The zero-order valence-electron chi connectivity index (χ0n) is 8.85. The molecule has 0 radical (unpaired) electrons. The summed E-state index contributed by atoms with van der Waals surface area (Å²) in [5, 5.41) is 0. The van der Waals surface area contributed by atoms with Gasteiger partial charge in [-0.25, -0.2) is 4.57 Å². The summed E-state index contributed by atoms with van der Waals surface area (Å²) in [6.45, 7) is 7.50. The normalized spacial score (nSPS) is 9.31. The molecule has 0 aliphatic heterocycles. The van der Waals surface area contributed by atoms with Gasteiger partial charge in [0.25, 0.3) is 0 Å². The first kappa shape index (κ1) is 18.6. The molecule has 13 heavy (non-hydrogen) atoms. The Morgan fingerprint density at radius 3 is 1.15 bits per heavy atom. The number of nitrogens with zero attached hydrogens (tertiary/aromatic N) is 1. The molecule has 0 bridgehead atoms. The Morgan fingerprint density at radius 1 is 1.15 bits per heavy atom. The predicted octanol–water partition coefficient (Wildman–Crippen LogP) is 0.832. The first-order valence-electron chi connectivity index (χ1n) is 3.48. The first-order valence-corrected chi connectivity index (χ1v) is 5.04. The molecule has 0 saturated carbocycles. The second kappa shape index (κ2) is 9.89. The van der Waals surface area contributed by atoms with Crippen LogP contribution in [0.3, 0.4) is 0 Å². The van der Waals surface area contributed by atoms with E-state index in [2.05, 4.69) is 6.58 Å². The summed E-state index contributed by atoms with van der Waals surface area (Å²) in [5.41, 5.74) is 1.17. The van der Waals surface area contributed by atoms with E-state index in [1.54, 1.807) is 0 Å². The zero-order valence-corrected chi connectivity index (χ0v) is 9.75. The third kappa shape index (κ3) is 31500. The molecule has 0 aromatic carbocycles. The number of rotatable bonds is 0. The van der Waals surface area contributed by atoms with Gasteiger partial charge in [0.2, 0.25) is 0 Å². The minimum absolute atomic E-state index is 1.17. The van der Waals surface area contributed by atoms with Crippen LogP contribution in [0.5, 0.6) is 0 Å². The van der Waals surface area contributed by atoms with Crippen molar-refractivity contribution in [1.82, 2.24) is 4.90 Å². The van der Waals surface area contributed by atoms with E-state index in [-0.39, 0.29) is 0 Å². The van der Waals surface area contributed by atoms with E-state index >= 15 is 0 Å². The van der Waals surface area contributed by atoms with Gasteiger partial charge in [-0.15, -0.1) is 6.58 Å². The van der Waals surface area contributed by atoms with E-state index in [4.69, 9.17) is 19.2 Å². The Balaban J connectivity index is -0.000000117. The highest BCUT2D eigenvalue weighted by Crippen LogP contribution is 2.25. The van der Waals surface area contributed by atoms with Crippen LogP contribution >= 0.6 is 7.82 Å². The lowest BCUT2D eigenvalue weighted by Crippen LogP contribution is -1.99. The number of hydrogen-bond donors (Lipinski definition) is 3. The first-order chi connectivity index (χ1) is 5.46. The summed E-state index contributed by atoms with van der Waals surface area (Å²) in [4.78, 5) is 23.6. The molecule has 0 amide bonds. The van der Waals surface area contributed by atoms with Gasteiger partial charge in [-0.1, -0.05) is 5.57 Å². The van der Waals surface area contributed by atoms with Gasteiger partial charge in [0.05, 0.1) is 0 Å². The summed E-state index contributed by atoms with van der Waals surface area (Å²) in [6, 6.07) is 0. The minimum atomic E-state index is -4.64. The van der Waals surface area contributed by atoms with Crippen LogP contribution in [0.4, 0.5) is 0 Å². The monoisotopic (exact) mass is 213 g/mol. The zero-order chi connectivity index (χ0) is 11.7. The van der Waals surface area contributed by atoms with Crippen molar-refractivity contribution in [3.8, 4) is 0 Å². The Kier molecular flexibility index (Phi) is 14.1. The van der Waals surface area contributed by atoms with Crippen molar-refractivity contribution in [2.45, 2.75) is 13.8 Å². The Morgan fingerprint density at radius 2 is 1.15 bits per heavy atom. The molecule has 5 nitrogen and oxygen atoms in total. The molecule has 0 aromatic rings. The average Bonchev–Trinajstić information content (AvgIpc) is 1.50. The molecule has 6 heteroatoms. The molecule has 0 saturated heterocycles. The number of hydrogen-bond acceptors (Lipinski definition) is 2. The summed E-state index contributed by atoms with van der Waals surface area (Å²) in [5.74, 6) is 0. The van der Waals surface area contributed by atoms with E-state index in [1.165, 1.54) is 5.57 Å². The van der Waals surface area contributed by atoms with E-state index in [0.717, 1.165) is 0 Å². The van der Waals surface area contributed by atoms with Crippen LogP contribution in [0.1, 0.15) is 13.8 Å². The Hall–Kier alpha value is -0.190. The highest BCUT2D eigenvalue weighted by molar-refractivity contribution is 7.45. The quantitative estimate of drug-likeness (QED) is 0.410. The van der Waals surface area contributed by atoms with E-state index in [9.17, 15) is 0 Å².